The number of hydrogen-bond acceptors (Lipinski definition) is 5. The molecule has 1 aromatic carbocycles. The van der Waals surface area contributed by atoms with Crippen LogP contribution in [0.2, 0.25) is 0 Å². The molecule has 0 spiro atoms. The predicted molar refractivity (Wildman–Crippen MR) is 111 cm³/mol. The molecular weight excluding hydrogens is 382 g/mol. The number of hydrogen-bond donors (Lipinski definition) is 0. The molecule has 7 heteroatoms. The summed E-state index contributed by atoms with van der Waals surface area (Å²) in [7, 11) is 0. The third-order valence-corrected chi connectivity index (χ3v) is 5.07. The summed E-state index contributed by atoms with van der Waals surface area (Å²) in [5.41, 5.74) is 3.45. The quantitative estimate of drug-likeness (QED) is 0.626. The first kappa shape index (κ1) is 19.6. The molecule has 0 bridgehead atoms. The SMILES string of the molecule is CC(=O)N1C=Cc2ccccc2[C@@H]1CC(=O)OCc1cc(=O)n2cc(C)ccc2n1. The highest BCUT2D eigenvalue weighted by atomic mass is 16.5. The first-order valence-electron chi connectivity index (χ1n) is 9.63. The van der Waals surface area contributed by atoms with Crippen LogP contribution in [0.3, 0.4) is 0 Å². The van der Waals surface area contributed by atoms with Gasteiger partial charge < -0.3 is 9.64 Å². The number of carbonyl (C=O) groups excluding carboxylic acids is 2. The summed E-state index contributed by atoms with van der Waals surface area (Å²) in [6.45, 7) is 3.25. The van der Waals surface area contributed by atoms with Crippen molar-refractivity contribution in [3.8, 4) is 0 Å². The lowest BCUT2D eigenvalue weighted by Gasteiger charge is -2.32. The number of aryl methyl sites for hydroxylation is 1. The first-order valence-corrected chi connectivity index (χ1v) is 9.63. The Morgan fingerprint density at radius 2 is 1.97 bits per heavy atom. The van der Waals surface area contributed by atoms with E-state index < -0.39 is 12.0 Å². The number of carbonyl (C=O) groups is 2. The predicted octanol–water partition coefficient (Wildman–Crippen LogP) is 3.01. The summed E-state index contributed by atoms with van der Waals surface area (Å²) in [5, 5.41) is 0. The van der Waals surface area contributed by atoms with Gasteiger partial charge in [-0.2, -0.15) is 0 Å². The Morgan fingerprint density at radius 1 is 1.17 bits per heavy atom. The topological polar surface area (TPSA) is 81.0 Å². The van der Waals surface area contributed by atoms with Gasteiger partial charge in [-0.05, 0) is 35.8 Å². The number of ether oxygens (including phenoxy) is 1. The molecule has 152 valence electrons. The highest BCUT2D eigenvalue weighted by Crippen LogP contribution is 2.33. The number of pyridine rings is 1. The minimum absolute atomic E-state index is 0.00664. The van der Waals surface area contributed by atoms with Crippen LogP contribution < -0.4 is 5.56 Å². The van der Waals surface area contributed by atoms with Crippen LogP contribution in [0.5, 0.6) is 0 Å². The fourth-order valence-electron chi connectivity index (χ4n) is 3.62. The van der Waals surface area contributed by atoms with Gasteiger partial charge in [0.05, 0.1) is 18.2 Å². The lowest BCUT2D eigenvalue weighted by atomic mass is 9.94. The highest BCUT2D eigenvalue weighted by molar-refractivity contribution is 5.80. The Morgan fingerprint density at radius 3 is 2.77 bits per heavy atom. The number of amides is 1. The number of esters is 1. The van der Waals surface area contributed by atoms with Gasteiger partial charge in [-0.25, -0.2) is 4.98 Å². The van der Waals surface area contributed by atoms with Gasteiger partial charge in [-0.1, -0.05) is 30.3 Å². The van der Waals surface area contributed by atoms with E-state index in [0.29, 0.717) is 11.3 Å². The van der Waals surface area contributed by atoms with Crippen molar-refractivity contribution in [2.45, 2.75) is 32.9 Å². The normalized spacial score (nSPS) is 15.1. The molecule has 0 radical (unpaired) electrons. The van der Waals surface area contributed by atoms with Crippen LogP contribution in [0.25, 0.3) is 11.7 Å². The lowest BCUT2D eigenvalue weighted by Crippen LogP contribution is -2.32. The molecule has 3 heterocycles. The van der Waals surface area contributed by atoms with Crippen molar-refractivity contribution in [1.82, 2.24) is 14.3 Å². The van der Waals surface area contributed by atoms with E-state index in [1.807, 2.05) is 43.3 Å². The second kappa shape index (κ2) is 7.94. The molecule has 1 amide bonds. The number of rotatable bonds is 4. The molecule has 1 aliphatic rings. The molecule has 0 fully saturated rings. The van der Waals surface area contributed by atoms with Crippen molar-refractivity contribution in [3.63, 3.8) is 0 Å². The summed E-state index contributed by atoms with van der Waals surface area (Å²) in [5.74, 6) is -0.625. The van der Waals surface area contributed by atoms with Crippen LogP contribution >= 0.6 is 0 Å². The second-order valence-corrected chi connectivity index (χ2v) is 7.27. The van der Waals surface area contributed by atoms with Gasteiger partial charge in [0.15, 0.2) is 0 Å². The maximum atomic E-state index is 12.6. The monoisotopic (exact) mass is 403 g/mol. The van der Waals surface area contributed by atoms with Crippen molar-refractivity contribution >= 4 is 23.6 Å². The van der Waals surface area contributed by atoms with Gasteiger partial charge in [0.2, 0.25) is 5.91 Å². The van der Waals surface area contributed by atoms with Crippen molar-refractivity contribution in [1.29, 1.82) is 0 Å². The van der Waals surface area contributed by atoms with E-state index in [-0.39, 0.29) is 24.5 Å². The largest absolute Gasteiger partial charge is 0.459 e. The van der Waals surface area contributed by atoms with E-state index in [4.69, 9.17) is 4.74 Å². The number of aromatic nitrogens is 2. The Bertz CT molecular complexity index is 1230. The number of nitrogens with zero attached hydrogens (tertiary/aromatic N) is 3. The molecule has 1 atom stereocenters. The zero-order valence-corrected chi connectivity index (χ0v) is 16.7. The smallest absolute Gasteiger partial charge is 0.308 e. The fraction of sp³-hybridized carbons (Fsp3) is 0.217. The molecular formula is C23H21N3O4. The van der Waals surface area contributed by atoms with Gasteiger partial charge in [-0.3, -0.25) is 18.8 Å². The summed E-state index contributed by atoms with van der Waals surface area (Å²) < 4.78 is 6.84. The molecule has 0 N–H and O–H groups in total. The lowest BCUT2D eigenvalue weighted by molar-refractivity contribution is -0.147. The Labute approximate surface area is 173 Å². The summed E-state index contributed by atoms with van der Waals surface area (Å²) in [6.07, 6.45) is 5.26. The standard InChI is InChI=1S/C23H21N3O4/c1-15-7-8-21-24-18(11-22(28)26(21)13-15)14-30-23(29)12-20-19-6-4-3-5-17(19)9-10-25(20)16(2)27/h3-11,13,20H,12,14H2,1-2H3/t20-/m0/s1. The highest BCUT2D eigenvalue weighted by Gasteiger charge is 2.28. The summed E-state index contributed by atoms with van der Waals surface area (Å²) in [4.78, 5) is 42.8. The van der Waals surface area contributed by atoms with Gasteiger partial charge in [0.25, 0.3) is 5.56 Å². The molecule has 0 saturated heterocycles. The molecule has 4 rings (SSSR count). The Hall–Kier alpha value is -3.74. The van der Waals surface area contributed by atoms with Crippen LogP contribution in [0.15, 0.2) is 59.7 Å². The van der Waals surface area contributed by atoms with E-state index in [2.05, 4.69) is 4.98 Å². The minimum atomic E-state index is -0.470. The van der Waals surface area contributed by atoms with Crippen LogP contribution in [-0.2, 0) is 20.9 Å². The third-order valence-electron chi connectivity index (χ3n) is 5.07. The van der Waals surface area contributed by atoms with E-state index >= 15 is 0 Å². The number of benzene rings is 1. The van der Waals surface area contributed by atoms with E-state index in [0.717, 1.165) is 16.7 Å². The fourth-order valence-corrected chi connectivity index (χ4v) is 3.62. The zero-order chi connectivity index (χ0) is 21.3. The first-order chi connectivity index (χ1) is 14.4. The van der Waals surface area contributed by atoms with Crippen LogP contribution in [0.1, 0.15) is 41.8 Å². The minimum Gasteiger partial charge on any atom is -0.459 e. The van der Waals surface area contributed by atoms with Gasteiger partial charge in [0, 0.05) is 25.4 Å². The molecule has 2 aromatic heterocycles. The van der Waals surface area contributed by atoms with Crippen molar-refractivity contribution in [2.24, 2.45) is 0 Å². The van der Waals surface area contributed by atoms with Crippen molar-refractivity contribution < 1.29 is 14.3 Å². The van der Waals surface area contributed by atoms with Crippen LogP contribution in [0, 0.1) is 6.92 Å². The molecule has 1 aliphatic heterocycles. The third kappa shape index (κ3) is 3.87. The van der Waals surface area contributed by atoms with Gasteiger partial charge in [-0.15, -0.1) is 0 Å². The maximum Gasteiger partial charge on any atom is 0.308 e. The summed E-state index contributed by atoms with van der Waals surface area (Å²) >= 11 is 0. The average molecular weight is 403 g/mol. The molecule has 0 saturated carbocycles. The molecule has 0 unspecified atom stereocenters. The Balaban J connectivity index is 1.50. The molecule has 3 aromatic rings. The maximum absolute atomic E-state index is 12.6. The van der Waals surface area contributed by atoms with E-state index in [9.17, 15) is 14.4 Å². The van der Waals surface area contributed by atoms with E-state index in [1.54, 1.807) is 18.5 Å². The molecule has 0 aliphatic carbocycles. The van der Waals surface area contributed by atoms with Crippen LogP contribution in [0.4, 0.5) is 0 Å². The summed E-state index contributed by atoms with van der Waals surface area (Å²) in [6, 6.07) is 12.2. The second-order valence-electron chi connectivity index (χ2n) is 7.27. The van der Waals surface area contributed by atoms with Crippen molar-refractivity contribution in [2.75, 3.05) is 0 Å². The van der Waals surface area contributed by atoms with Gasteiger partial charge >= 0.3 is 5.97 Å². The van der Waals surface area contributed by atoms with Gasteiger partial charge in [0.1, 0.15) is 12.3 Å². The zero-order valence-electron chi connectivity index (χ0n) is 16.7. The average Bonchev–Trinajstić information content (AvgIpc) is 2.73. The number of fused-ring (bicyclic) bond motifs is 2. The van der Waals surface area contributed by atoms with Crippen LogP contribution in [-0.4, -0.2) is 26.2 Å². The van der Waals surface area contributed by atoms with E-state index in [1.165, 1.54) is 22.3 Å². The van der Waals surface area contributed by atoms with Crippen molar-refractivity contribution in [3.05, 3.63) is 87.6 Å². The molecule has 7 nitrogen and oxygen atoms in total. The molecule has 30 heavy (non-hydrogen) atoms. The Kier molecular flexibility index (Phi) is 5.18.